The second-order valence-corrected chi connectivity index (χ2v) is 7.48. The maximum absolute atomic E-state index is 12.6. The molecule has 1 fully saturated rings. The maximum Gasteiger partial charge on any atom is 0.244 e. The first-order chi connectivity index (χ1) is 9.98. The van der Waals surface area contributed by atoms with Crippen molar-refractivity contribution >= 4 is 21.6 Å². The van der Waals surface area contributed by atoms with Crippen LogP contribution in [-0.4, -0.2) is 39.4 Å². The van der Waals surface area contributed by atoms with Crippen LogP contribution in [0.2, 0.25) is 5.02 Å². The zero-order valence-corrected chi connectivity index (χ0v) is 13.4. The molecule has 0 spiro atoms. The predicted octanol–water partition coefficient (Wildman–Crippen LogP) is 1.83. The van der Waals surface area contributed by atoms with Crippen LogP contribution in [0.3, 0.4) is 0 Å². The third-order valence-corrected chi connectivity index (χ3v) is 6.13. The Morgan fingerprint density at radius 2 is 2.10 bits per heavy atom. The lowest BCUT2D eigenvalue weighted by molar-refractivity contribution is 0.270. The summed E-state index contributed by atoms with van der Waals surface area (Å²) in [5.74, 6) is 0.512. The summed E-state index contributed by atoms with van der Waals surface area (Å²) < 4.78 is 26.7. The van der Waals surface area contributed by atoms with Gasteiger partial charge >= 0.3 is 0 Å². The van der Waals surface area contributed by atoms with Crippen LogP contribution in [-0.2, 0) is 10.0 Å². The van der Waals surface area contributed by atoms with Gasteiger partial charge in [-0.15, -0.1) is 0 Å². The SMILES string of the molecule is CNCC1CCN(S(=O)(=O)c2ccc(C#N)cc2Cl)CC1. The molecule has 0 bridgehead atoms. The van der Waals surface area contributed by atoms with Crippen LogP contribution < -0.4 is 5.32 Å². The lowest BCUT2D eigenvalue weighted by Crippen LogP contribution is -2.40. The number of hydrogen-bond donors (Lipinski definition) is 1. The van der Waals surface area contributed by atoms with Gasteiger partial charge in [0.25, 0.3) is 0 Å². The molecule has 0 amide bonds. The molecule has 1 aliphatic heterocycles. The van der Waals surface area contributed by atoms with Gasteiger partial charge in [-0.05, 0) is 50.6 Å². The Morgan fingerprint density at radius 3 is 2.62 bits per heavy atom. The van der Waals surface area contributed by atoms with Gasteiger partial charge in [0.2, 0.25) is 10.0 Å². The molecular weight excluding hydrogens is 310 g/mol. The van der Waals surface area contributed by atoms with Gasteiger partial charge in [0.1, 0.15) is 4.90 Å². The van der Waals surface area contributed by atoms with Crippen LogP contribution in [0.25, 0.3) is 0 Å². The number of nitrogens with zero attached hydrogens (tertiary/aromatic N) is 2. The van der Waals surface area contributed by atoms with E-state index >= 15 is 0 Å². The van der Waals surface area contributed by atoms with E-state index in [0.717, 1.165) is 19.4 Å². The monoisotopic (exact) mass is 327 g/mol. The number of piperidine rings is 1. The van der Waals surface area contributed by atoms with Gasteiger partial charge in [-0.2, -0.15) is 9.57 Å². The number of sulfonamides is 1. The van der Waals surface area contributed by atoms with Crippen molar-refractivity contribution in [1.29, 1.82) is 5.26 Å². The van der Waals surface area contributed by atoms with Crippen molar-refractivity contribution in [1.82, 2.24) is 9.62 Å². The quantitative estimate of drug-likeness (QED) is 0.915. The van der Waals surface area contributed by atoms with Crippen LogP contribution in [0.1, 0.15) is 18.4 Å². The molecule has 1 aliphatic rings. The van der Waals surface area contributed by atoms with Crippen LogP contribution in [0.4, 0.5) is 0 Å². The summed E-state index contributed by atoms with van der Waals surface area (Å²) in [6, 6.07) is 6.23. The largest absolute Gasteiger partial charge is 0.319 e. The summed E-state index contributed by atoms with van der Waals surface area (Å²) in [5.41, 5.74) is 0.353. The minimum absolute atomic E-state index is 0.0789. The molecule has 5 nitrogen and oxygen atoms in total. The predicted molar refractivity (Wildman–Crippen MR) is 81.6 cm³/mol. The van der Waals surface area contributed by atoms with Gasteiger partial charge in [0.15, 0.2) is 0 Å². The first-order valence-corrected chi connectivity index (χ1v) is 8.65. The van der Waals surface area contributed by atoms with Crippen molar-refractivity contribution in [3.8, 4) is 6.07 Å². The van der Waals surface area contributed by atoms with Crippen molar-refractivity contribution in [2.75, 3.05) is 26.7 Å². The Kier molecular flexibility index (Phi) is 5.22. The number of rotatable bonds is 4. The summed E-state index contributed by atoms with van der Waals surface area (Å²) in [5, 5.41) is 12.0. The third kappa shape index (κ3) is 3.55. The molecule has 0 atom stereocenters. The molecule has 0 radical (unpaired) electrons. The van der Waals surface area contributed by atoms with Gasteiger partial charge in [-0.25, -0.2) is 8.42 Å². The highest BCUT2D eigenvalue weighted by Gasteiger charge is 2.30. The molecule has 1 N–H and O–H groups in total. The lowest BCUT2D eigenvalue weighted by atomic mass is 9.98. The smallest absolute Gasteiger partial charge is 0.244 e. The molecule has 0 saturated carbocycles. The zero-order valence-electron chi connectivity index (χ0n) is 11.8. The normalized spacial score (nSPS) is 17.6. The van der Waals surface area contributed by atoms with Gasteiger partial charge in [0.05, 0.1) is 16.7 Å². The van der Waals surface area contributed by atoms with E-state index in [4.69, 9.17) is 16.9 Å². The molecular formula is C14H18ClN3O2S. The summed E-state index contributed by atoms with van der Waals surface area (Å²) in [6.07, 6.45) is 1.68. The third-order valence-electron chi connectivity index (χ3n) is 3.75. The summed E-state index contributed by atoms with van der Waals surface area (Å²) >= 11 is 6.02. The number of benzene rings is 1. The van der Waals surface area contributed by atoms with E-state index in [2.05, 4.69) is 5.32 Å². The Balaban J connectivity index is 2.18. The highest BCUT2D eigenvalue weighted by atomic mass is 35.5. The van der Waals surface area contributed by atoms with Crippen LogP contribution in [0.5, 0.6) is 0 Å². The molecule has 114 valence electrons. The van der Waals surface area contributed by atoms with Gasteiger partial charge in [-0.1, -0.05) is 11.6 Å². The van der Waals surface area contributed by atoms with Crippen molar-refractivity contribution in [2.24, 2.45) is 5.92 Å². The lowest BCUT2D eigenvalue weighted by Gasteiger charge is -2.31. The van der Waals surface area contributed by atoms with Gasteiger partial charge < -0.3 is 5.32 Å². The number of nitrogens with one attached hydrogen (secondary N) is 1. The van der Waals surface area contributed by atoms with E-state index in [0.29, 0.717) is 24.6 Å². The molecule has 1 heterocycles. The molecule has 21 heavy (non-hydrogen) atoms. The van der Waals surface area contributed by atoms with Crippen molar-refractivity contribution in [3.05, 3.63) is 28.8 Å². The van der Waals surface area contributed by atoms with Crippen molar-refractivity contribution < 1.29 is 8.42 Å². The molecule has 1 saturated heterocycles. The van der Waals surface area contributed by atoms with Gasteiger partial charge in [0, 0.05) is 13.1 Å². The second kappa shape index (κ2) is 6.75. The summed E-state index contributed by atoms with van der Waals surface area (Å²) in [4.78, 5) is 0.0789. The fourth-order valence-corrected chi connectivity index (χ4v) is 4.55. The molecule has 1 aromatic rings. The first kappa shape index (κ1) is 16.2. The molecule has 0 aliphatic carbocycles. The van der Waals surface area contributed by atoms with Gasteiger partial charge in [-0.3, -0.25) is 0 Å². The number of halogens is 1. The average molecular weight is 328 g/mol. The Hall–Kier alpha value is -1.13. The summed E-state index contributed by atoms with van der Waals surface area (Å²) in [6.45, 7) is 1.92. The fourth-order valence-electron chi connectivity index (χ4n) is 2.56. The number of nitriles is 1. The Labute approximate surface area is 130 Å². The second-order valence-electron chi connectivity index (χ2n) is 5.16. The standard InChI is InChI=1S/C14H18ClN3O2S/c1-17-10-11-4-6-18(7-5-11)21(19,20)14-3-2-12(9-16)8-13(14)15/h2-3,8,11,17H,4-7,10H2,1H3. The highest BCUT2D eigenvalue weighted by Crippen LogP contribution is 2.28. The first-order valence-electron chi connectivity index (χ1n) is 6.83. The van der Waals surface area contributed by atoms with E-state index < -0.39 is 10.0 Å². The van der Waals surface area contributed by atoms with E-state index in [1.54, 1.807) is 0 Å². The number of hydrogen-bond acceptors (Lipinski definition) is 4. The molecule has 1 aromatic carbocycles. The topological polar surface area (TPSA) is 73.2 Å². The molecule has 7 heteroatoms. The van der Waals surface area contributed by atoms with Crippen molar-refractivity contribution in [3.63, 3.8) is 0 Å². The van der Waals surface area contributed by atoms with E-state index in [1.807, 2.05) is 13.1 Å². The van der Waals surface area contributed by atoms with Crippen LogP contribution >= 0.6 is 11.6 Å². The maximum atomic E-state index is 12.6. The Morgan fingerprint density at radius 1 is 1.43 bits per heavy atom. The van der Waals surface area contributed by atoms with Crippen LogP contribution in [0.15, 0.2) is 23.1 Å². The minimum atomic E-state index is -3.58. The van der Waals surface area contributed by atoms with E-state index in [1.165, 1.54) is 22.5 Å². The van der Waals surface area contributed by atoms with Crippen molar-refractivity contribution in [2.45, 2.75) is 17.7 Å². The average Bonchev–Trinajstić information content (AvgIpc) is 2.47. The zero-order chi connectivity index (χ0) is 15.5. The molecule has 2 rings (SSSR count). The van der Waals surface area contributed by atoms with Crippen LogP contribution in [0, 0.1) is 17.2 Å². The van der Waals surface area contributed by atoms with E-state index in [-0.39, 0.29) is 9.92 Å². The fraction of sp³-hybridized carbons (Fsp3) is 0.500. The highest BCUT2D eigenvalue weighted by molar-refractivity contribution is 7.89. The minimum Gasteiger partial charge on any atom is -0.319 e. The Bertz CT molecular complexity index is 647. The molecule has 0 aromatic heterocycles. The summed E-state index contributed by atoms with van der Waals surface area (Å²) in [7, 11) is -1.68. The van der Waals surface area contributed by atoms with E-state index in [9.17, 15) is 8.42 Å². The molecule has 0 unspecified atom stereocenters.